The number of quaternary nitrogens is 1. The van der Waals surface area contributed by atoms with Crippen molar-refractivity contribution in [3.8, 4) is 0 Å². The van der Waals surface area contributed by atoms with Gasteiger partial charge in [0.05, 0.1) is 27.7 Å². The number of rotatable bonds is 24. The molecule has 0 aliphatic rings. The average molecular weight is 511 g/mol. The quantitative estimate of drug-likeness (QED) is 0.0754. The molecular formula is C25H53NO7P+. The van der Waals surface area contributed by atoms with Gasteiger partial charge in [0.25, 0.3) is 0 Å². The standard InChI is InChI=1S/C25H52NO7P/c1-5-6-7-8-9-10-11-12-13-14-15-16-17-18-19-25(28)31-22-24(27)23-33-34(29,30)32-21-20-26(2,3)4/h24,27H,5-23H2,1-4H3/p+1/t24-/m0/s1. The van der Waals surface area contributed by atoms with Gasteiger partial charge in [-0.05, 0) is 6.42 Å². The van der Waals surface area contributed by atoms with Crippen LogP contribution >= 0.6 is 7.82 Å². The third kappa shape index (κ3) is 24.6. The lowest BCUT2D eigenvalue weighted by atomic mass is 10.0. The van der Waals surface area contributed by atoms with Crippen molar-refractivity contribution in [1.82, 2.24) is 0 Å². The number of phosphoric acid groups is 1. The van der Waals surface area contributed by atoms with E-state index in [-0.39, 0.29) is 19.2 Å². The Hall–Kier alpha value is -0.500. The van der Waals surface area contributed by atoms with Gasteiger partial charge in [-0.25, -0.2) is 4.57 Å². The first kappa shape index (κ1) is 33.5. The Morgan fingerprint density at radius 2 is 1.26 bits per heavy atom. The Kier molecular flexibility index (Phi) is 20.4. The van der Waals surface area contributed by atoms with Crippen molar-refractivity contribution < 1.29 is 37.6 Å². The minimum absolute atomic E-state index is 0.0571. The normalized spacial score (nSPS) is 14.6. The van der Waals surface area contributed by atoms with Gasteiger partial charge < -0.3 is 19.2 Å². The maximum atomic E-state index is 11.8. The van der Waals surface area contributed by atoms with Crippen LogP contribution in [-0.2, 0) is 23.1 Å². The first-order chi connectivity index (χ1) is 16.1. The van der Waals surface area contributed by atoms with Crippen LogP contribution in [0.2, 0.25) is 0 Å². The van der Waals surface area contributed by atoms with Crippen molar-refractivity contribution in [3.05, 3.63) is 0 Å². The number of ether oxygens (including phenoxy) is 1. The second kappa shape index (κ2) is 20.7. The third-order valence-electron chi connectivity index (χ3n) is 5.62. The fourth-order valence-electron chi connectivity index (χ4n) is 3.42. The lowest BCUT2D eigenvalue weighted by molar-refractivity contribution is -0.870. The van der Waals surface area contributed by atoms with Crippen LogP contribution in [-0.4, -0.2) is 74.1 Å². The summed E-state index contributed by atoms with van der Waals surface area (Å²) in [5.74, 6) is -0.371. The zero-order chi connectivity index (χ0) is 25.7. The summed E-state index contributed by atoms with van der Waals surface area (Å²) in [4.78, 5) is 21.4. The van der Waals surface area contributed by atoms with Crippen molar-refractivity contribution in [3.63, 3.8) is 0 Å². The van der Waals surface area contributed by atoms with Crippen molar-refractivity contribution in [2.45, 2.75) is 109 Å². The Bertz CT molecular complexity index is 540. The summed E-state index contributed by atoms with van der Waals surface area (Å²) in [6.07, 6.45) is 16.7. The summed E-state index contributed by atoms with van der Waals surface area (Å²) in [6.45, 7) is 2.14. The van der Waals surface area contributed by atoms with E-state index in [1.54, 1.807) is 0 Å². The Morgan fingerprint density at radius 3 is 1.74 bits per heavy atom. The maximum Gasteiger partial charge on any atom is 0.472 e. The number of unbranched alkanes of at least 4 members (excludes halogenated alkanes) is 13. The number of esters is 1. The molecular weight excluding hydrogens is 457 g/mol. The molecule has 2 N–H and O–H groups in total. The van der Waals surface area contributed by atoms with Crippen LogP contribution < -0.4 is 0 Å². The van der Waals surface area contributed by atoms with E-state index in [0.717, 1.165) is 19.3 Å². The highest BCUT2D eigenvalue weighted by Crippen LogP contribution is 2.43. The molecule has 0 heterocycles. The molecule has 0 aromatic heterocycles. The SMILES string of the molecule is CCCCCCCCCCCCCCCCC(=O)OC[C@H](O)COP(=O)(O)OCC[N+](C)(C)C. The molecule has 8 nitrogen and oxygen atoms in total. The summed E-state index contributed by atoms with van der Waals surface area (Å²) in [5.41, 5.74) is 0. The summed E-state index contributed by atoms with van der Waals surface area (Å²) in [7, 11) is 1.57. The molecule has 0 aliphatic heterocycles. The number of aliphatic hydroxyl groups excluding tert-OH is 1. The minimum atomic E-state index is -4.24. The molecule has 0 fully saturated rings. The number of nitrogens with zero attached hydrogens (tertiary/aromatic N) is 1. The highest BCUT2D eigenvalue weighted by Gasteiger charge is 2.24. The number of carbonyl (C=O) groups is 1. The van der Waals surface area contributed by atoms with Crippen LogP contribution in [0.4, 0.5) is 0 Å². The van der Waals surface area contributed by atoms with Crippen LogP contribution in [0.5, 0.6) is 0 Å². The smallest absolute Gasteiger partial charge is 0.463 e. The van der Waals surface area contributed by atoms with E-state index in [9.17, 15) is 19.4 Å². The van der Waals surface area contributed by atoms with Gasteiger partial charge in [-0.15, -0.1) is 0 Å². The minimum Gasteiger partial charge on any atom is -0.463 e. The zero-order valence-electron chi connectivity index (χ0n) is 22.3. The molecule has 0 saturated carbocycles. The van der Waals surface area contributed by atoms with E-state index in [0.29, 0.717) is 17.4 Å². The first-order valence-electron chi connectivity index (χ1n) is 13.3. The predicted octanol–water partition coefficient (Wildman–Crippen LogP) is 5.60. The van der Waals surface area contributed by atoms with Gasteiger partial charge in [0.15, 0.2) is 0 Å². The molecule has 0 aliphatic carbocycles. The van der Waals surface area contributed by atoms with Crippen molar-refractivity contribution >= 4 is 13.8 Å². The van der Waals surface area contributed by atoms with Gasteiger partial charge in [-0.3, -0.25) is 13.8 Å². The summed E-state index contributed by atoms with van der Waals surface area (Å²) < 4.78 is 27.0. The van der Waals surface area contributed by atoms with Gasteiger partial charge in [0.2, 0.25) is 0 Å². The summed E-state index contributed by atoms with van der Waals surface area (Å²) >= 11 is 0. The second-order valence-corrected chi connectivity index (χ2v) is 11.7. The fraction of sp³-hybridized carbons (Fsp3) is 0.960. The van der Waals surface area contributed by atoms with Crippen LogP contribution in [0.3, 0.4) is 0 Å². The third-order valence-corrected chi connectivity index (χ3v) is 6.60. The molecule has 0 radical (unpaired) electrons. The predicted molar refractivity (Wildman–Crippen MR) is 137 cm³/mol. The number of carbonyl (C=O) groups excluding carboxylic acids is 1. The number of likely N-dealkylation sites (N-methyl/N-ethyl adjacent to an activating group) is 1. The molecule has 0 amide bonds. The van der Waals surface area contributed by atoms with Crippen LogP contribution in [0.1, 0.15) is 103 Å². The molecule has 204 valence electrons. The number of phosphoric ester groups is 1. The Labute approximate surface area is 208 Å². The Balaban J connectivity index is 3.55. The van der Waals surface area contributed by atoms with Gasteiger partial charge in [0.1, 0.15) is 25.9 Å². The molecule has 1 unspecified atom stereocenters. The number of hydrogen-bond acceptors (Lipinski definition) is 6. The highest BCUT2D eigenvalue weighted by molar-refractivity contribution is 7.47. The molecule has 0 saturated heterocycles. The maximum absolute atomic E-state index is 11.8. The van der Waals surface area contributed by atoms with Gasteiger partial charge in [0, 0.05) is 6.42 Å². The van der Waals surface area contributed by atoms with Gasteiger partial charge >= 0.3 is 13.8 Å². The summed E-state index contributed by atoms with van der Waals surface area (Å²) in [6, 6.07) is 0. The molecule has 0 rings (SSSR count). The number of hydrogen-bond donors (Lipinski definition) is 2. The van der Waals surface area contributed by atoms with E-state index in [1.807, 2.05) is 21.1 Å². The fourth-order valence-corrected chi connectivity index (χ4v) is 4.17. The molecule has 2 atom stereocenters. The van der Waals surface area contributed by atoms with Crippen LogP contribution in [0.15, 0.2) is 0 Å². The lowest BCUT2D eigenvalue weighted by Crippen LogP contribution is -2.37. The van der Waals surface area contributed by atoms with E-state index in [1.165, 1.54) is 70.6 Å². The van der Waals surface area contributed by atoms with Crippen molar-refractivity contribution in [2.75, 3.05) is 47.5 Å². The lowest BCUT2D eigenvalue weighted by Gasteiger charge is -2.24. The Morgan fingerprint density at radius 1 is 0.794 bits per heavy atom. The monoisotopic (exact) mass is 510 g/mol. The van der Waals surface area contributed by atoms with Crippen molar-refractivity contribution in [2.24, 2.45) is 0 Å². The topological polar surface area (TPSA) is 102 Å². The van der Waals surface area contributed by atoms with Gasteiger partial charge in [-0.2, -0.15) is 0 Å². The van der Waals surface area contributed by atoms with Crippen LogP contribution in [0.25, 0.3) is 0 Å². The van der Waals surface area contributed by atoms with Gasteiger partial charge in [-0.1, -0.05) is 90.4 Å². The molecule has 0 aromatic rings. The molecule has 9 heteroatoms. The molecule has 0 spiro atoms. The van der Waals surface area contributed by atoms with Crippen molar-refractivity contribution in [1.29, 1.82) is 0 Å². The molecule has 34 heavy (non-hydrogen) atoms. The zero-order valence-corrected chi connectivity index (χ0v) is 23.2. The second-order valence-electron chi connectivity index (χ2n) is 10.3. The molecule has 0 aromatic carbocycles. The van der Waals surface area contributed by atoms with E-state index >= 15 is 0 Å². The number of aliphatic hydroxyl groups is 1. The van der Waals surface area contributed by atoms with E-state index < -0.39 is 20.5 Å². The van der Waals surface area contributed by atoms with Crippen LogP contribution in [0, 0.1) is 0 Å². The van der Waals surface area contributed by atoms with E-state index in [4.69, 9.17) is 13.8 Å². The van der Waals surface area contributed by atoms with E-state index in [2.05, 4.69) is 6.92 Å². The average Bonchev–Trinajstić information content (AvgIpc) is 2.75. The highest BCUT2D eigenvalue weighted by atomic mass is 31.2. The molecule has 0 bridgehead atoms. The largest absolute Gasteiger partial charge is 0.472 e. The first-order valence-corrected chi connectivity index (χ1v) is 14.8. The summed E-state index contributed by atoms with van der Waals surface area (Å²) in [5, 5.41) is 9.82.